The molecule has 1 fully saturated rings. The van der Waals surface area contributed by atoms with E-state index in [1.54, 1.807) is 6.07 Å². The van der Waals surface area contributed by atoms with Crippen molar-refractivity contribution in [3.63, 3.8) is 0 Å². The van der Waals surface area contributed by atoms with Crippen LogP contribution >= 0.6 is 11.6 Å². The fourth-order valence-corrected chi connectivity index (χ4v) is 4.16. The summed E-state index contributed by atoms with van der Waals surface area (Å²) in [6, 6.07) is 24.0. The van der Waals surface area contributed by atoms with Gasteiger partial charge in [0.15, 0.2) is 0 Å². The molecule has 31 heavy (non-hydrogen) atoms. The van der Waals surface area contributed by atoms with Gasteiger partial charge in [0.25, 0.3) is 5.91 Å². The molecule has 1 aliphatic rings. The first-order valence-corrected chi connectivity index (χ1v) is 11.1. The molecule has 0 radical (unpaired) electrons. The van der Waals surface area contributed by atoms with E-state index < -0.39 is 0 Å². The number of aryl methyl sites for hydroxylation is 1. The van der Waals surface area contributed by atoms with Gasteiger partial charge in [-0.3, -0.25) is 14.6 Å². The van der Waals surface area contributed by atoms with Crippen LogP contribution in [0, 0.1) is 6.92 Å². The Labute approximate surface area is 189 Å². The van der Waals surface area contributed by atoms with Gasteiger partial charge >= 0.3 is 0 Å². The molecule has 5 heteroatoms. The second kappa shape index (κ2) is 10.1. The molecule has 160 valence electrons. The van der Waals surface area contributed by atoms with E-state index in [0.717, 1.165) is 50.5 Å². The van der Waals surface area contributed by atoms with Crippen LogP contribution in [0.15, 0.2) is 72.8 Å². The lowest BCUT2D eigenvalue weighted by molar-refractivity contribution is 0.102. The summed E-state index contributed by atoms with van der Waals surface area (Å²) in [6.45, 7) is 8.15. The highest BCUT2D eigenvalue weighted by Gasteiger charge is 2.17. The van der Waals surface area contributed by atoms with E-state index in [1.807, 2.05) is 31.2 Å². The summed E-state index contributed by atoms with van der Waals surface area (Å²) in [4.78, 5) is 17.6. The molecule has 3 aromatic rings. The lowest BCUT2D eigenvalue weighted by atomic mass is 10.1. The van der Waals surface area contributed by atoms with E-state index >= 15 is 0 Å². The van der Waals surface area contributed by atoms with E-state index in [1.165, 1.54) is 11.1 Å². The molecule has 1 amide bonds. The minimum Gasteiger partial charge on any atom is -0.322 e. The SMILES string of the molecule is Cc1cc(Cl)ccc1NC(=O)c1ccc(CN2CCN(Cc3ccccc3)CC2)cc1. The second-order valence-corrected chi connectivity index (χ2v) is 8.58. The first-order valence-electron chi connectivity index (χ1n) is 10.7. The van der Waals surface area contributed by atoms with Crippen LogP contribution in [0.25, 0.3) is 0 Å². The Bertz CT molecular complexity index is 1010. The predicted octanol–water partition coefficient (Wildman–Crippen LogP) is 5.22. The lowest BCUT2D eigenvalue weighted by Crippen LogP contribution is -2.45. The summed E-state index contributed by atoms with van der Waals surface area (Å²) in [7, 11) is 0. The maximum absolute atomic E-state index is 12.6. The standard InChI is InChI=1S/C26H28ClN3O/c1-20-17-24(27)11-12-25(20)28-26(31)23-9-7-22(8-10-23)19-30-15-13-29(14-16-30)18-21-5-3-2-4-6-21/h2-12,17H,13-16,18-19H2,1H3,(H,28,31). The minimum absolute atomic E-state index is 0.105. The monoisotopic (exact) mass is 433 g/mol. The molecular weight excluding hydrogens is 406 g/mol. The van der Waals surface area contributed by atoms with Crippen molar-refractivity contribution in [1.29, 1.82) is 0 Å². The lowest BCUT2D eigenvalue weighted by Gasteiger charge is -2.34. The zero-order valence-corrected chi connectivity index (χ0v) is 18.6. The van der Waals surface area contributed by atoms with Crippen molar-refractivity contribution < 1.29 is 4.79 Å². The summed E-state index contributed by atoms with van der Waals surface area (Å²) in [6.07, 6.45) is 0. The molecule has 3 aromatic carbocycles. The van der Waals surface area contributed by atoms with Crippen molar-refractivity contribution in [2.75, 3.05) is 31.5 Å². The third kappa shape index (κ3) is 5.95. The summed E-state index contributed by atoms with van der Waals surface area (Å²) in [5.74, 6) is -0.105. The Morgan fingerprint density at radius 3 is 2.00 bits per heavy atom. The molecule has 0 aromatic heterocycles. The molecule has 1 heterocycles. The highest BCUT2D eigenvalue weighted by atomic mass is 35.5. The van der Waals surface area contributed by atoms with Crippen molar-refractivity contribution in [3.8, 4) is 0 Å². The zero-order chi connectivity index (χ0) is 21.6. The fraction of sp³-hybridized carbons (Fsp3) is 0.269. The molecular formula is C26H28ClN3O. The van der Waals surface area contributed by atoms with Crippen molar-refractivity contribution in [1.82, 2.24) is 9.80 Å². The number of nitrogens with one attached hydrogen (secondary N) is 1. The molecule has 0 unspecified atom stereocenters. The number of halogens is 1. The quantitative estimate of drug-likeness (QED) is 0.579. The first kappa shape index (κ1) is 21.6. The summed E-state index contributed by atoms with van der Waals surface area (Å²) in [5.41, 5.74) is 5.00. The Hall–Kier alpha value is -2.66. The van der Waals surface area contributed by atoms with Crippen molar-refractivity contribution in [3.05, 3.63) is 100 Å². The summed E-state index contributed by atoms with van der Waals surface area (Å²) < 4.78 is 0. The molecule has 0 spiro atoms. The van der Waals surface area contributed by atoms with Gasteiger partial charge in [-0.2, -0.15) is 0 Å². The smallest absolute Gasteiger partial charge is 0.255 e. The number of carbonyl (C=O) groups excluding carboxylic acids is 1. The Balaban J connectivity index is 1.27. The number of benzene rings is 3. The summed E-state index contributed by atoms with van der Waals surface area (Å²) >= 11 is 5.99. The second-order valence-electron chi connectivity index (χ2n) is 8.15. The highest BCUT2D eigenvalue weighted by Crippen LogP contribution is 2.20. The van der Waals surface area contributed by atoms with Gasteiger partial charge in [0, 0.05) is 55.5 Å². The molecule has 0 saturated carbocycles. The largest absolute Gasteiger partial charge is 0.322 e. The van der Waals surface area contributed by atoms with Crippen LogP contribution in [-0.2, 0) is 13.1 Å². The normalized spacial score (nSPS) is 15.0. The number of carbonyl (C=O) groups is 1. The van der Waals surface area contributed by atoms with Crippen LogP contribution in [-0.4, -0.2) is 41.9 Å². The van der Waals surface area contributed by atoms with Crippen LogP contribution in [0.1, 0.15) is 27.0 Å². The Morgan fingerprint density at radius 1 is 0.839 bits per heavy atom. The van der Waals surface area contributed by atoms with E-state index in [2.05, 4.69) is 57.6 Å². The van der Waals surface area contributed by atoms with Crippen LogP contribution in [0.3, 0.4) is 0 Å². The molecule has 0 atom stereocenters. The van der Waals surface area contributed by atoms with Gasteiger partial charge in [-0.05, 0) is 53.9 Å². The van der Waals surface area contributed by atoms with Crippen LogP contribution in [0.4, 0.5) is 5.69 Å². The number of hydrogen-bond donors (Lipinski definition) is 1. The third-order valence-electron chi connectivity index (χ3n) is 5.77. The Morgan fingerprint density at radius 2 is 1.42 bits per heavy atom. The number of nitrogens with zero attached hydrogens (tertiary/aromatic N) is 2. The van der Waals surface area contributed by atoms with E-state index in [4.69, 9.17) is 11.6 Å². The Kier molecular flexibility index (Phi) is 7.03. The molecule has 4 nitrogen and oxygen atoms in total. The van der Waals surface area contributed by atoms with Crippen molar-refractivity contribution >= 4 is 23.2 Å². The van der Waals surface area contributed by atoms with Gasteiger partial charge in [-0.25, -0.2) is 0 Å². The van der Waals surface area contributed by atoms with E-state index in [9.17, 15) is 4.79 Å². The number of anilines is 1. The van der Waals surface area contributed by atoms with Gasteiger partial charge in [0.05, 0.1) is 0 Å². The van der Waals surface area contributed by atoms with Crippen molar-refractivity contribution in [2.45, 2.75) is 20.0 Å². The molecule has 0 bridgehead atoms. The van der Waals surface area contributed by atoms with E-state index in [-0.39, 0.29) is 5.91 Å². The van der Waals surface area contributed by atoms with Gasteiger partial charge < -0.3 is 5.32 Å². The zero-order valence-electron chi connectivity index (χ0n) is 17.9. The number of piperazine rings is 1. The first-order chi connectivity index (χ1) is 15.1. The van der Waals surface area contributed by atoms with Gasteiger partial charge in [0.1, 0.15) is 0 Å². The molecule has 0 aliphatic carbocycles. The fourth-order valence-electron chi connectivity index (χ4n) is 3.93. The third-order valence-corrected chi connectivity index (χ3v) is 6.01. The topological polar surface area (TPSA) is 35.6 Å². The van der Waals surface area contributed by atoms with Crippen molar-refractivity contribution in [2.24, 2.45) is 0 Å². The minimum atomic E-state index is -0.105. The molecule has 1 N–H and O–H groups in total. The van der Waals surface area contributed by atoms with Crippen LogP contribution < -0.4 is 5.32 Å². The summed E-state index contributed by atoms with van der Waals surface area (Å²) in [5, 5.41) is 3.63. The average molecular weight is 434 g/mol. The number of amides is 1. The number of hydrogen-bond acceptors (Lipinski definition) is 3. The van der Waals surface area contributed by atoms with Crippen LogP contribution in [0.5, 0.6) is 0 Å². The van der Waals surface area contributed by atoms with Crippen LogP contribution in [0.2, 0.25) is 5.02 Å². The van der Waals surface area contributed by atoms with Gasteiger partial charge in [-0.1, -0.05) is 54.1 Å². The maximum atomic E-state index is 12.6. The number of rotatable bonds is 6. The van der Waals surface area contributed by atoms with E-state index in [0.29, 0.717) is 10.6 Å². The maximum Gasteiger partial charge on any atom is 0.255 e. The van der Waals surface area contributed by atoms with Gasteiger partial charge in [0.2, 0.25) is 0 Å². The molecule has 4 rings (SSSR count). The van der Waals surface area contributed by atoms with Gasteiger partial charge in [-0.15, -0.1) is 0 Å². The average Bonchev–Trinajstić information content (AvgIpc) is 2.78. The molecule has 1 saturated heterocycles. The molecule has 1 aliphatic heterocycles. The highest BCUT2D eigenvalue weighted by molar-refractivity contribution is 6.30. The predicted molar refractivity (Wildman–Crippen MR) is 128 cm³/mol.